The lowest BCUT2D eigenvalue weighted by Gasteiger charge is -2.45. The Bertz CT molecular complexity index is 656. The minimum absolute atomic E-state index is 0.104. The molecule has 0 aliphatic rings. The first-order valence-corrected chi connectivity index (χ1v) is 13.3. The molecule has 0 amide bonds. The van der Waals surface area contributed by atoms with Crippen molar-refractivity contribution < 1.29 is 18.7 Å². The van der Waals surface area contributed by atoms with E-state index in [1.165, 1.54) is 0 Å². The lowest BCUT2D eigenvalue weighted by Crippen LogP contribution is -2.51. The van der Waals surface area contributed by atoms with Crippen LogP contribution in [0.4, 0.5) is 0 Å². The summed E-state index contributed by atoms with van der Waals surface area (Å²) < 4.78 is 18.2. The van der Waals surface area contributed by atoms with Crippen molar-refractivity contribution in [3.63, 3.8) is 0 Å². The van der Waals surface area contributed by atoms with Crippen LogP contribution in [0.3, 0.4) is 0 Å². The van der Waals surface area contributed by atoms with E-state index in [4.69, 9.17) is 13.9 Å². The third-order valence-electron chi connectivity index (χ3n) is 6.08. The van der Waals surface area contributed by atoms with Crippen molar-refractivity contribution in [2.24, 2.45) is 5.41 Å². The molecule has 0 aliphatic carbocycles. The van der Waals surface area contributed by atoms with Gasteiger partial charge in [0.2, 0.25) is 0 Å². The Balaban J connectivity index is 3.05. The fourth-order valence-electron chi connectivity index (χ4n) is 2.88. The van der Waals surface area contributed by atoms with Crippen LogP contribution in [0.15, 0.2) is 36.4 Å². The Morgan fingerprint density at radius 2 is 1.66 bits per heavy atom. The molecule has 0 aliphatic heterocycles. The molecule has 0 radical (unpaired) electrons. The van der Waals surface area contributed by atoms with E-state index >= 15 is 0 Å². The van der Waals surface area contributed by atoms with Gasteiger partial charge in [0.25, 0.3) is 0 Å². The van der Waals surface area contributed by atoms with E-state index in [2.05, 4.69) is 53.8 Å². The fraction of sp³-hybridized carbons (Fsp3) is 0.625. The molecule has 0 saturated heterocycles. The molecule has 0 fully saturated rings. The first-order chi connectivity index (χ1) is 13.4. The van der Waals surface area contributed by atoms with Crippen molar-refractivity contribution >= 4 is 14.6 Å². The third-order valence-corrected chi connectivity index (χ3v) is 10.5. The summed E-state index contributed by atoms with van der Waals surface area (Å²) in [5.74, 6) is 0.814. The zero-order chi connectivity index (χ0) is 22.3. The number of ether oxygens (including phenoxy) is 2. The van der Waals surface area contributed by atoms with Gasteiger partial charge in [-0.05, 0) is 42.8 Å². The van der Waals surface area contributed by atoms with Crippen LogP contribution in [0, 0.1) is 5.41 Å². The van der Waals surface area contributed by atoms with Crippen molar-refractivity contribution in [1.29, 1.82) is 0 Å². The zero-order valence-electron chi connectivity index (χ0n) is 19.7. The second-order valence-corrected chi connectivity index (χ2v) is 14.5. The molecule has 0 spiro atoms. The molecule has 4 nitrogen and oxygen atoms in total. The average Bonchev–Trinajstić information content (AvgIpc) is 2.64. The first kappa shape index (κ1) is 25.6. The first-order valence-electron chi connectivity index (χ1n) is 10.4. The number of aldehydes is 1. The highest BCUT2D eigenvalue weighted by atomic mass is 28.4. The quantitative estimate of drug-likeness (QED) is 0.244. The Kier molecular flexibility index (Phi) is 9.32. The van der Waals surface area contributed by atoms with E-state index in [1.807, 2.05) is 37.3 Å². The number of rotatable bonds is 11. The minimum Gasteiger partial charge on any atom is -0.497 e. The topological polar surface area (TPSA) is 44.8 Å². The van der Waals surface area contributed by atoms with E-state index in [1.54, 1.807) is 7.11 Å². The highest BCUT2D eigenvalue weighted by molar-refractivity contribution is 6.74. The molecule has 0 aromatic heterocycles. The summed E-state index contributed by atoms with van der Waals surface area (Å²) >= 11 is 0. The summed E-state index contributed by atoms with van der Waals surface area (Å²) in [7, 11) is -0.340. The van der Waals surface area contributed by atoms with Crippen LogP contribution in [0.2, 0.25) is 18.1 Å². The lowest BCUT2D eigenvalue weighted by molar-refractivity contribution is -0.118. The van der Waals surface area contributed by atoms with Crippen LogP contribution < -0.4 is 4.74 Å². The van der Waals surface area contributed by atoms with Gasteiger partial charge in [-0.25, -0.2) is 0 Å². The number of carbonyl (C=O) groups excluding carboxylic acids is 1. The van der Waals surface area contributed by atoms with Crippen LogP contribution in [0.1, 0.15) is 53.5 Å². The number of hydrogen-bond donors (Lipinski definition) is 0. The molecular formula is C24H40O4Si. The van der Waals surface area contributed by atoms with Gasteiger partial charge in [-0.2, -0.15) is 0 Å². The summed E-state index contributed by atoms with van der Waals surface area (Å²) in [6.07, 6.45) is 5.02. The second kappa shape index (κ2) is 10.6. The van der Waals surface area contributed by atoms with E-state index in [0.29, 0.717) is 13.0 Å². The molecule has 0 N–H and O–H groups in total. The Morgan fingerprint density at radius 3 is 2.10 bits per heavy atom. The van der Waals surface area contributed by atoms with Crippen molar-refractivity contribution in [3.05, 3.63) is 42.0 Å². The van der Waals surface area contributed by atoms with Gasteiger partial charge in [0.1, 0.15) is 12.0 Å². The molecule has 0 unspecified atom stereocenters. The molecule has 1 rings (SSSR count). The normalized spacial score (nSPS) is 15.3. The SMILES string of the molecule is C/C=C/[C@@H](O[Si](C)(C)C(C)(C)C)C(C)(C)[C@H](CC=O)OCc1ccc(OC)cc1. The molecule has 0 saturated carbocycles. The number of allylic oxidation sites excluding steroid dienone is 1. The van der Waals surface area contributed by atoms with Crippen molar-refractivity contribution in [3.8, 4) is 5.75 Å². The van der Waals surface area contributed by atoms with Crippen molar-refractivity contribution in [2.45, 2.75) is 84.9 Å². The summed E-state index contributed by atoms with van der Waals surface area (Å²) in [4.78, 5) is 11.4. The summed E-state index contributed by atoms with van der Waals surface area (Å²) in [5.41, 5.74) is 0.681. The predicted octanol–water partition coefficient (Wildman–Crippen LogP) is 6.16. The maximum atomic E-state index is 11.4. The number of benzene rings is 1. The molecule has 164 valence electrons. The molecule has 2 atom stereocenters. The predicted molar refractivity (Wildman–Crippen MR) is 123 cm³/mol. The maximum absolute atomic E-state index is 11.4. The second-order valence-electron chi connectivity index (χ2n) is 9.70. The zero-order valence-corrected chi connectivity index (χ0v) is 20.7. The third kappa shape index (κ3) is 7.09. The summed E-state index contributed by atoms with van der Waals surface area (Å²) in [6, 6.07) is 7.81. The molecule has 1 aromatic rings. The van der Waals surface area contributed by atoms with Gasteiger partial charge < -0.3 is 18.7 Å². The number of methoxy groups -OCH3 is 1. The minimum atomic E-state index is -1.99. The van der Waals surface area contributed by atoms with Gasteiger partial charge in [0.05, 0.1) is 25.9 Å². The van der Waals surface area contributed by atoms with Crippen LogP contribution in [0.25, 0.3) is 0 Å². The highest BCUT2D eigenvalue weighted by Crippen LogP contribution is 2.42. The molecule has 29 heavy (non-hydrogen) atoms. The monoisotopic (exact) mass is 420 g/mol. The van der Waals surface area contributed by atoms with Crippen LogP contribution in [-0.4, -0.2) is 33.9 Å². The van der Waals surface area contributed by atoms with E-state index < -0.39 is 8.32 Å². The maximum Gasteiger partial charge on any atom is 0.192 e. The van der Waals surface area contributed by atoms with Gasteiger partial charge in [0.15, 0.2) is 8.32 Å². The highest BCUT2D eigenvalue weighted by Gasteiger charge is 2.44. The van der Waals surface area contributed by atoms with Crippen LogP contribution >= 0.6 is 0 Å². The number of hydrogen-bond acceptors (Lipinski definition) is 4. The van der Waals surface area contributed by atoms with E-state index in [0.717, 1.165) is 17.6 Å². The van der Waals surface area contributed by atoms with Crippen molar-refractivity contribution in [2.75, 3.05) is 7.11 Å². The lowest BCUT2D eigenvalue weighted by atomic mass is 9.79. The van der Waals surface area contributed by atoms with E-state index in [9.17, 15) is 4.79 Å². The fourth-order valence-corrected chi connectivity index (χ4v) is 4.25. The van der Waals surface area contributed by atoms with Crippen LogP contribution in [0.5, 0.6) is 5.75 Å². The van der Waals surface area contributed by atoms with Gasteiger partial charge >= 0.3 is 0 Å². The molecule has 5 heteroatoms. The molecule has 1 aromatic carbocycles. The Morgan fingerprint density at radius 1 is 1.07 bits per heavy atom. The Hall–Kier alpha value is -1.43. The summed E-state index contributed by atoms with van der Waals surface area (Å²) in [5, 5.41) is 0.104. The van der Waals surface area contributed by atoms with Gasteiger partial charge in [-0.3, -0.25) is 0 Å². The average molecular weight is 421 g/mol. The standard InChI is InChI=1S/C24H40O4Si/c1-10-11-22(28-29(8,9)23(2,3)4)24(5,6)21(16-17-25)27-18-19-12-14-20(26-7)15-13-19/h10-15,17,21-22H,16,18H2,1-9H3/b11-10+/t21-,22+/m0/s1. The molecule has 0 heterocycles. The largest absolute Gasteiger partial charge is 0.497 e. The molecular weight excluding hydrogens is 380 g/mol. The van der Waals surface area contributed by atoms with Crippen LogP contribution in [-0.2, 0) is 20.6 Å². The van der Waals surface area contributed by atoms with Gasteiger partial charge in [-0.15, -0.1) is 0 Å². The molecule has 0 bridgehead atoms. The van der Waals surface area contributed by atoms with Gasteiger partial charge in [0, 0.05) is 11.8 Å². The smallest absolute Gasteiger partial charge is 0.192 e. The Labute approximate surface area is 178 Å². The van der Waals surface area contributed by atoms with E-state index in [-0.39, 0.29) is 22.7 Å². The summed E-state index contributed by atoms with van der Waals surface area (Å²) in [6.45, 7) is 17.9. The van der Waals surface area contributed by atoms with Crippen molar-refractivity contribution in [1.82, 2.24) is 0 Å². The van der Waals surface area contributed by atoms with Gasteiger partial charge in [-0.1, -0.05) is 58.9 Å². The number of carbonyl (C=O) groups is 1.